The SMILES string of the molecule is O=C(NC(C(=O)N1CCCC1)C1CCN(C(=O)C2CC2)CC1)c1ccccc1. The summed E-state index contributed by atoms with van der Waals surface area (Å²) >= 11 is 0. The molecule has 1 aromatic rings. The number of hydrogen-bond donors (Lipinski definition) is 1. The van der Waals surface area contributed by atoms with Crippen LogP contribution in [0.15, 0.2) is 30.3 Å². The minimum atomic E-state index is -0.510. The number of amides is 3. The summed E-state index contributed by atoms with van der Waals surface area (Å²) in [5.41, 5.74) is 0.572. The first kappa shape index (κ1) is 19.0. The molecule has 1 atom stereocenters. The van der Waals surface area contributed by atoms with Crippen LogP contribution in [0.1, 0.15) is 48.9 Å². The van der Waals surface area contributed by atoms with Crippen molar-refractivity contribution in [2.45, 2.75) is 44.6 Å². The molecule has 1 aliphatic carbocycles. The van der Waals surface area contributed by atoms with Gasteiger partial charge in [0, 0.05) is 37.7 Å². The molecule has 1 aromatic carbocycles. The summed E-state index contributed by atoms with van der Waals surface area (Å²) in [6.45, 7) is 2.92. The van der Waals surface area contributed by atoms with E-state index in [9.17, 15) is 14.4 Å². The number of rotatable bonds is 5. The fraction of sp³-hybridized carbons (Fsp3) is 0.591. The van der Waals surface area contributed by atoms with E-state index in [1.165, 1.54) is 0 Å². The van der Waals surface area contributed by atoms with Gasteiger partial charge in [-0.3, -0.25) is 14.4 Å². The van der Waals surface area contributed by atoms with E-state index in [-0.39, 0.29) is 29.6 Å². The summed E-state index contributed by atoms with van der Waals surface area (Å²) in [5, 5.41) is 3.03. The van der Waals surface area contributed by atoms with Gasteiger partial charge >= 0.3 is 0 Å². The molecule has 2 heterocycles. The predicted molar refractivity (Wildman–Crippen MR) is 106 cm³/mol. The zero-order chi connectivity index (χ0) is 19.5. The molecule has 0 spiro atoms. The lowest BCUT2D eigenvalue weighted by Crippen LogP contribution is -2.54. The van der Waals surface area contributed by atoms with Gasteiger partial charge in [-0.1, -0.05) is 18.2 Å². The second kappa shape index (κ2) is 8.33. The first-order chi connectivity index (χ1) is 13.6. The number of nitrogens with one attached hydrogen (secondary N) is 1. The largest absolute Gasteiger partial charge is 0.342 e. The molecule has 0 bridgehead atoms. The summed E-state index contributed by atoms with van der Waals surface area (Å²) in [6.07, 6.45) is 5.61. The Bertz CT molecular complexity index is 718. The molecule has 1 N–H and O–H groups in total. The van der Waals surface area contributed by atoms with E-state index in [4.69, 9.17) is 0 Å². The second-order valence-corrected chi connectivity index (χ2v) is 8.29. The fourth-order valence-corrected chi connectivity index (χ4v) is 4.37. The molecule has 3 amide bonds. The van der Waals surface area contributed by atoms with Gasteiger partial charge in [-0.05, 0) is 56.6 Å². The Labute approximate surface area is 166 Å². The average Bonchev–Trinajstić information content (AvgIpc) is 3.45. The maximum Gasteiger partial charge on any atom is 0.251 e. The topological polar surface area (TPSA) is 69.7 Å². The Balaban J connectivity index is 1.44. The van der Waals surface area contributed by atoms with Gasteiger partial charge in [0.1, 0.15) is 6.04 Å². The van der Waals surface area contributed by atoms with Crippen LogP contribution in [0.5, 0.6) is 0 Å². The summed E-state index contributed by atoms with van der Waals surface area (Å²) < 4.78 is 0. The van der Waals surface area contributed by atoms with Crippen molar-refractivity contribution < 1.29 is 14.4 Å². The highest BCUT2D eigenvalue weighted by molar-refractivity contribution is 5.97. The van der Waals surface area contributed by atoms with Crippen LogP contribution in [0.3, 0.4) is 0 Å². The number of carbonyl (C=O) groups excluding carboxylic acids is 3. The maximum atomic E-state index is 13.2. The van der Waals surface area contributed by atoms with Crippen molar-refractivity contribution in [2.75, 3.05) is 26.2 Å². The molecule has 0 radical (unpaired) electrons. The number of benzene rings is 1. The maximum absolute atomic E-state index is 13.2. The molecule has 2 saturated heterocycles. The highest BCUT2D eigenvalue weighted by Gasteiger charge is 2.39. The van der Waals surface area contributed by atoms with E-state index in [1.807, 2.05) is 28.0 Å². The monoisotopic (exact) mass is 383 g/mol. The standard InChI is InChI=1S/C22H29N3O3/c26-20(17-6-2-1-3-7-17)23-19(22(28)24-12-4-5-13-24)16-10-14-25(15-11-16)21(27)18-8-9-18/h1-3,6-7,16,18-19H,4-5,8-15H2,(H,23,26). The quantitative estimate of drug-likeness (QED) is 0.846. The van der Waals surface area contributed by atoms with Crippen molar-refractivity contribution in [3.05, 3.63) is 35.9 Å². The van der Waals surface area contributed by atoms with E-state index in [1.54, 1.807) is 12.1 Å². The van der Waals surface area contributed by atoms with Crippen LogP contribution in [0.25, 0.3) is 0 Å². The number of nitrogens with zero attached hydrogens (tertiary/aromatic N) is 2. The van der Waals surface area contributed by atoms with Crippen molar-refractivity contribution in [1.82, 2.24) is 15.1 Å². The van der Waals surface area contributed by atoms with Crippen LogP contribution in [-0.4, -0.2) is 59.7 Å². The zero-order valence-corrected chi connectivity index (χ0v) is 16.3. The normalized spacial score (nSPS) is 21.4. The second-order valence-electron chi connectivity index (χ2n) is 8.29. The molecule has 3 aliphatic rings. The third kappa shape index (κ3) is 4.21. The Kier molecular flexibility index (Phi) is 5.64. The van der Waals surface area contributed by atoms with Gasteiger partial charge in [0.05, 0.1) is 0 Å². The van der Waals surface area contributed by atoms with Crippen molar-refractivity contribution >= 4 is 17.7 Å². The summed E-state index contributed by atoms with van der Waals surface area (Å²) in [6, 6.07) is 8.55. The lowest BCUT2D eigenvalue weighted by atomic mass is 9.88. The van der Waals surface area contributed by atoms with Gasteiger partial charge in [0.15, 0.2) is 0 Å². The van der Waals surface area contributed by atoms with Gasteiger partial charge in [-0.15, -0.1) is 0 Å². The molecule has 1 unspecified atom stereocenters. The van der Waals surface area contributed by atoms with E-state index >= 15 is 0 Å². The van der Waals surface area contributed by atoms with Crippen molar-refractivity contribution in [1.29, 1.82) is 0 Å². The Morgan fingerprint density at radius 3 is 2.11 bits per heavy atom. The van der Waals surface area contributed by atoms with E-state index in [0.717, 1.165) is 51.6 Å². The first-order valence-corrected chi connectivity index (χ1v) is 10.6. The van der Waals surface area contributed by atoms with E-state index < -0.39 is 6.04 Å². The van der Waals surface area contributed by atoms with Crippen LogP contribution in [0, 0.1) is 11.8 Å². The molecular weight excluding hydrogens is 354 g/mol. The van der Waals surface area contributed by atoms with Gasteiger partial charge in [-0.25, -0.2) is 0 Å². The third-order valence-corrected chi connectivity index (χ3v) is 6.26. The van der Waals surface area contributed by atoms with Crippen molar-refractivity contribution in [3.8, 4) is 0 Å². The van der Waals surface area contributed by atoms with Gasteiger partial charge in [0.25, 0.3) is 5.91 Å². The summed E-state index contributed by atoms with van der Waals surface area (Å²) in [7, 11) is 0. The van der Waals surface area contributed by atoms with Gasteiger partial charge in [0.2, 0.25) is 11.8 Å². The molecule has 28 heavy (non-hydrogen) atoms. The molecule has 1 saturated carbocycles. The third-order valence-electron chi connectivity index (χ3n) is 6.26. The van der Waals surface area contributed by atoms with Crippen LogP contribution >= 0.6 is 0 Å². The average molecular weight is 383 g/mol. The van der Waals surface area contributed by atoms with Crippen LogP contribution in [-0.2, 0) is 9.59 Å². The van der Waals surface area contributed by atoms with Crippen LogP contribution < -0.4 is 5.32 Å². The minimum absolute atomic E-state index is 0.0359. The fourth-order valence-electron chi connectivity index (χ4n) is 4.37. The molecule has 0 aromatic heterocycles. The van der Waals surface area contributed by atoms with Crippen LogP contribution in [0.4, 0.5) is 0 Å². The molecule has 6 heteroatoms. The van der Waals surface area contributed by atoms with E-state index in [0.29, 0.717) is 18.7 Å². The minimum Gasteiger partial charge on any atom is -0.342 e. The van der Waals surface area contributed by atoms with Gasteiger partial charge in [-0.2, -0.15) is 0 Å². The number of likely N-dealkylation sites (tertiary alicyclic amines) is 2. The van der Waals surface area contributed by atoms with Gasteiger partial charge < -0.3 is 15.1 Å². The summed E-state index contributed by atoms with van der Waals surface area (Å²) in [5.74, 6) is 0.415. The Morgan fingerprint density at radius 2 is 1.50 bits per heavy atom. The number of piperidine rings is 1. The summed E-state index contributed by atoms with van der Waals surface area (Å²) in [4.78, 5) is 42.1. The first-order valence-electron chi connectivity index (χ1n) is 10.6. The van der Waals surface area contributed by atoms with E-state index in [2.05, 4.69) is 5.32 Å². The highest BCUT2D eigenvalue weighted by atomic mass is 16.2. The van der Waals surface area contributed by atoms with Crippen LogP contribution in [0.2, 0.25) is 0 Å². The zero-order valence-electron chi connectivity index (χ0n) is 16.3. The molecule has 6 nitrogen and oxygen atoms in total. The number of carbonyl (C=O) groups is 3. The predicted octanol–water partition coefficient (Wildman–Crippen LogP) is 2.06. The molecule has 2 aliphatic heterocycles. The molecule has 4 rings (SSSR count). The smallest absolute Gasteiger partial charge is 0.251 e. The lowest BCUT2D eigenvalue weighted by molar-refractivity contribution is -0.136. The molecular formula is C22H29N3O3. The Hall–Kier alpha value is -2.37. The Morgan fingerprint density at radius 1 is 0.857 bits per heavy atom. The highest BCUT2D eigenvalue weighted by Crippen LogP contribution is 2.33. The molecule has 150 valence electrons. The van der Waals surface area contributed by atoms with Crippen molar-refractivity contribution in [2.24, 2.45) is 11.8 Å². The molecule has 3 fully saturated rings. The van der Waals surface area contributed by atoms with Crippen molar-refractivity contribution in [3.63, 3.8) is 0 Å². The number of hydrogen-bond acceptors (Lipinski definition) is 3. The lowest BCUT2D eigenvalue weighted by Gasteiger charge is -2.37.